The van der Waals surface area contributed by atoms with E-state index in [1.54, 1.807) is 0 Å². The summed E-state index contributed by atoms with van der Waals surface area (Å²) in [6.07, 6.45) is 0. The molecule has 0 saturated heterocycles. The first-order chi connectivity index (χ1) is 6.58. The highest BCUT2D eigenvalue weighted by Crippen LogP contribution is 2.25. The molecular weight excluding hydrogens is 222 g/mol. The summed E-state index contributed by atoms with van der Waals surface area (Å²) in [6, 6.07) is 0.306. The molecule has 0 saturated carbocycles. The highest BCUT2D eigenvalue weighted by molar-refractivity contribution is 8.01. The van der Waals surface area contributed by atoms with E-state index in [9.17, 15) is 4.79 Å². The Morgan fingerprint density at radius 2 is 2.36 bits per heavy atom. The third kappa shape index (κ3) is 3.93. The van der Waals surface area contributed by atoms with Crippen molar-refractivity contribution in [3.05, 3.63) is 0 Å². The molecule has 0 spiro atoms. The van der Waals surface area contributed by atoms with E-state index in [2.05, 4.69) is 15.5 Å². The fourth-order valence-electron chi connectivity index (χ4n) is 0.697. The van der Waals surface area contributed by atoms with Crippen molar-refractivity contribution in [1.29, 1.82) is 0 Å². The van der Waals surface area contributed by atoms with Crippen LogP contribution in [0, 0.1) is 0 Å². The fraction of sp³-hybridized carbons (Fsp3) is 0.571. The van der Waals surface area contributed by atoms with Crippen LogP contribution in [-0.2, 0) is 4.79 Å². The molecule has 0 atom stereocenters. The number of rotatable bonds is 5. The van der Waals surface area contributed by atoms with Crippen LogP contribution in [0.25, 0.3) is 0 Å². The van der Waals surface area contributed by atoms with Gasteiger partial charge in [-0.1, -0.05) is 23.1 Å². The maximum absolute atomic E-state index is 10.3. The molecule has 14 heavy (non-hydrogen) atoms. The van der Waals surface area contributed by atoms with Gasteiger partial charge in [0.15, 0.2) is 4.34 Å². The topological polar surface area (TPSA) is 75.1 Å². The molecule has 0 aliphatic carbocycles. The summed E-state index contributed by atoms with van der Waals surface area (Å²) in [7, 11) is 0. The Kier molecular flexibility index (Phi) is 4.15. The molecule has 0 aliphatic heterocycles. The number of aromatic nitrogens is 2. The van der Waals surface area contributed by atoms with Gasteiger partial charge in [0.2, 0.25) is 5.13 Å². The van der Waals surface area contributed by atoms with Crippen molar-refractivity contribution in [1.82, 2.24) is 10.2 Å². The number of nitrogens with zero attached hydrogens (tertiary/aromatic N) is 2. The van der Waals surface area contributed by atoms with Gasteiger partial charge in [0.25, 0.3) is 0 Å². The lowest BCUT2D eigenvalue weighted by molar-refractivity contribution is -0.133. The van der Waals surface area contributed by atoms with Crippen molar-refractivity contribution in [3.8, 4) is 0 Å². The Hall–Kier alpha value is -0.820. The molecule has 0 bridgehead atoms. The highest BCUT2D eigenvalue weighted by atomic mass is 32.2. The molecule has 2 N–H and O–H groups in total. The summed E-state index contributed by atoms with van der Waals surface area (Å²) in [5.41, 5.74) is 0. The number of carboxylic acid groups (broad SMARTS) is 1. The Bertz CT molecular complexity index is 314. The normalized spacial score (nSPS) is 10.5. The molecule has 0 amide bonds. The van der Waals surface area contributed by atoms with Gasteiger partial charge in [-0.2, -0.15) is 0 Å². The number of nitrogens with one attached hydrogen (secondary N) is 1. The number of carbonyl (C=O) groups is 1. The first kappa shape index (κ1) is 11.3. The molecule has 0 aromatic carbocycles. The van der Waals surface area contributed by atoms with Crippen LogP contribution in [0.3, 0.4) is 0 Å². The van der Waals surface area contributed by atoms with E-state index in [0.717, 1.165) is 5.13 Å². The molecule has 0 aliphatic rings. The van der Waals surface area contributed by atoms with Crippen LogP contribution in [0.4, 0.5) is 5.13 Å². The van der Waals surface area contributed by atoms with E-state index in [-0.39, 0.29) is 5.75 Å². The van der Waals surface area contributed by atoms with Crippen LogP contribution in [0.5, 0.6) is 0 Å². The summed E-state index contributed by atoms with van der Waals surface area (Å²) in [5, 5.41) is 20.0. The van der Waals surface area contributed by atoms with E-state index in [1.165, 1.54) is 23.1 Å². The van der Waals surface area contributed by atoms with Crippen molar-refractivity contribution in [3.63, 3.8) is 0 Å². The third-order valence-corrected chi connectivity index (χ3v) is 3.11. The largest absolute Gasteiger partial charge is 0.481 e. The summed E-state index contributed by atoms with van der Waals surface area (Å²) in [5.74, 6) is -0.820. The lowest BCUT2D eigenvalue weighted by atomic mass is 10.4. The van der Waals surface area contributed by atoms with Crippen LogP contribution in [0.15, 0.2) is 4.34 Å². The predicted molar refractivity (Wildman–Crippen MR) is 57.0 cm³/mol. The van der Waals surface area contributed by atoms with E-state index < -0.39 is 5.97 Å². The molecule has 0 unspecified atom stereocenters. The molecule has 78 valence electrons. The monoisotopic (exact) mass is 233 g/mol. The van der Waals surface area contributed by atoms with Gasteiger partial charge in [0.05, 0.1) is 5.75 Å². The quantitative estimate of drug-likeness (QED) is 0.751. The average Bonchev–Trinajstić information content (AvgIpc) is 2.47. The van der Waals surface area contributed by atoms with E-state index in [4.69, 9.17) is 5.11 Å². The maximum Gasteiger partial charge on any atom is 0.313 e. The number of hydrogen-bond donors (Lipinski definition) is 2. The number of aliphatic carboxylic acids is 1. The Morgan fingerprint density at radius 3 is 2.93 bits per heavy atom. The minimum absolute atomic E-state index is 0.0241. The molecule has 0 fully saturated rings. The molecular formula is C7H11N3O2S2. The van der Waals surface area contributed by atoms with Crippen LogP contribution in [0.1, 0.15) is 13.8 Å². The van der Waals surface area contributed by atoms with Crippen molar-refractivity contribution >= 4 is 34.2 Å². The zero-order valence-electron chi connectivity index (χ0n) is 7.85. The summed E-state index contributed by atoms with van der Waals surface area (Å²) in [4.78, 5) is 10.3. The standard InChI is InChI=1S/C7H11N3O2S2/c1-4(2)8-6-9-10-7(14-6)13-3-5(11)12/h4H,3H2,1-2H3,(H,8,9)(H,11,12). The van der Waals surface area contributed by atoms with Crippen LogP contribution in [0.2, 0.25) is 0 Å². The molecule has 0 radical (unpaired) electrons. The summed E-state index contributed by atoms with van der Waals surface area (Å²) < 4.78 is 0.676. The average molecular weight is 233 g/mol. The van der Waals surface area contributed by atoms with Gasteiger partial charge in [0.1, 0.15) is 0 Å². The molecule has 5 nitrogen and oxygen atoms in total. The van der Waals surface area contributed by atoms with Gasteiger partial charge in [-0.15, -0.1) is 10.2 Å². The third-order valence-electron chi connectivity index (χ3n) is 1.14. The first-order valence-electron chi connectivity index (χ1n) is 4.02. The lowest BCUT2D eigenvalue weighted by Crippen LogP contribution is -2.08. The van der Waals surface area contributed by atoms with Crippen molar-refractivity contribution in [2.24, 2.45) is 0 Å². The second-order valence-corrected chi connectivity index (χ2v) is 5.05. The second-order valence-electron chi connectivity index (χ2n) is 2.85. The van der Waals surface area contributed by atoms with E-state index in [1.807, 2.05) is 13.8 Å². The number of hydrogen-bond acceptors (Lipinski definition) is 6. The fourth-order valence-corrected chi connectivity index (χ4v) is 2.31. The lowest BCUT2D eigenvalue weighted by Gasteiger charge is -2.02. The molecule has 1 rings (SSSR count). The van der Waals surface area contributed by atoms with Crippen molar-refractivity contribution in [2.45, 2.75) is 24.2 Å². The molecule has 1 aromatic rings. The summed E-state index contributed by atoms with van der Waals surface area (Å²) in [6.45, 7) is 4.01. The molecule has 1 heterocycles. The Labute approximate surface area is 89.9 Å². The minimum atomic E-state index is -0.844. The highest BCUT2D eigenvalue weighted by Gasteiger charge is 2.07. The SMILES string of the molecule is CC(C)Nc1nnc(SCC(=O)O)s1. The smallest absolute Gasteiger partial charge is 0.313 e. The summed E-state index contributed by atoms with van der Waals surface area (Å²) >= 11 is 2.55. The van der Waals surface area contributed by atoms with Gasteiger partial charge in [-0.05, 0) is 13.8 Å². The molecule has 7 heteroatoms. The van der Waals surface area contributed by atoms with Gasteiger partial charge < -0.3 is 10.4 Å². The van der Waals surface area contributed by atoms with Gasteiger partial charge in [-0.3, -0.25) is 4.79 Å². The predicted octanol–water partition coefficient (Wildman–Crippen LogP) is 1.54. The Balaban J connectivity index is 2.46. The van der Waals surface area contributed by atoms with E-state index in [0.29, 0.717) is 10.4 Å². The Morgan fingerprint density at radius 1 is 1.64 bits per heavy atom. The van der Waals surface area contributed by atoms with E-state index >= 15 is 0 Å². The van der Waals surface area contributed by atoms with Crippen molar-refractivity contribution in [2.75, 3.05) is 11.1 Å². The molecule has 1 aromatic heterocycles. The first-order valence-corrected chi connectivity index (χ1v) is 5.83. The maximum atomic E-state index is 10.3. The van der Waals surface area contributed by atoms with Gasteiger partial charge in [-0.25, -0.2) is 0 Å². The number of carboxylic acids is 1. The minimum Gasteiger partial charge on any atom is -0.481 e. The van der Waals surface area contributed by atoms with Gasteiger partial charge >= 0.3 is 5.97 Å². The second kappa shape index (κ2) is 5.16. The van der Waals surface area contributed by atoms with Crippen LogP contribution >= 0.6 is 23.1 Å². The van der Waals surface area contributed by atoms with Crippen LogP contribution < -0.4 is 5.32 Å². The van der Waals surface area contributed by atoms with Gasteiger partial charge in [0, 0.05) is 6.04 Å². The zero-order valence-corrected chi connectivity index (χ0v) is 9.48. The van der Waals surface area contributed by atoms with Crippen molar-refractivity contribution < 1.29 is 9.90 Å². The van der Waals surface area contributed by atoms with Crippen LogP contribution in [-0.4, -0.2) is 33.1 Å². The number of anilines is 1. The number of thioether (sulfide) groups is 1. The zero-order chi connectivity index (χ0) is 10.6.